The quantitative estimate of drug-likeness (QED) is 0.478. The fraction of sp³-hybridized carbons (Fsp3) is 0.238. The van der Waals surface area contributed by atoms with Gasteiger partial charge in [-0.25, -0.2) is 9.59 Å². The van der Waals surface area contributed by atoms with Crippen molar-refractivity contribution in [3.8, 4) is 5.75 Å². The molecule has 0 radical (unpaired) electrons. The number of hydrogen-bond acceptors (Lipinski definition) is 7. The van der Waals surface area contributed by atoms with E-state index in [9.17, 15) is 19.2 Å². The molecule has 2 heterocycles. The highest BCUT2D eigenvalue weighted by Gasteiger charge is 2.29. The first-order valence-corrected chi connectivity index (χ1v) is 9.13. The number of anilines is 1. The van der Waals surface area contributed by atoms with E-state index in [1.165, 1.54) is 34.8 Å². The van der Waals surface area contributed by atoms with E-state index in [-0.39, 0.29) is 29.4 Å². The second kappa shape index (κ2) is 7.18. The summed E-state index contributed by atoms with van der Waals surface area (Å²) in [7, 11) is 2.86. The molecule has 30 heavy (non-hydrogen) atoms. The predicted octanol–water partition coefficient (Wildman–Crippen LogP) is 2.01. The lowest BCUT2D eigenvalue weighted by Crippen LogP contribution is -2.42. The lowest BCUT2D eigenvalue weighted by Gasteiger charge is -2.30. The molecule has 3 aromatic rings. The third-order valence-corrected chi connectivity index (χ3v) is 5.02. The van der Waals surface area contributed by atoms with Crippen LogP contribution >= 0.6 is 0 Å². The first-order valence-electron chi connectivity index (χ1n) is 9.13. The molecule has 1 aliphatic rings. The Bertz CT molecular complexity index is 1250. The Labute approximate surface area is 170 Å². The highest BCUT2D eigenvalue weighted by molar-refractivity contribution is 6.03. The molecule has 0 saturated carbocycles. The van der Waals surface area contributed by atoms with E-state index in [1.54, 1.807) is 32.2 Å². The SMILES string of the molecule is COC(=O)c1ccc2c(c1)oc(=O)n2CC(=O)c1ccc2c(c1)N(C)C(=O)C(C)O2. The van der Waals surface area contributed by atoms with Gasteiger partial charge in [-0.05, 0) is 43.3 Å². The Balaban J connectivity index is 1.66. The zero-order valence-corrected chi connectivity index (χ0v) is 16.5. The zero-order valence-electron chi connectivity index (χ0n) is 16.5. The topological polar surface area (TPSA) is 108 Å². The number of benzene rings is 2. The molecule has 0 fully saturated rings. The summed E-state index contributed by atoms with van der Waals surface area (Å²) in [5, 5.41) is 0. The van der Waals surface area contributed by atoms with E-state index >= 15 is 0 Å². The van der Waals surface area contributed by atoms with Crippen molar-refractivity contribution >= 4 is 34.4 Å². The van der Waals surface area contributed by atoms with Crippen LogP contribution < -0.4 is 15.4 Å². The van der Waals surface area contributed by atoms with E-state index < -0.39 is 17.8 Å². The van der Waals surface area contributed by atoms with Crippen molar-refractivity contribution < 1.29 is 28.3 Å². The summed E-state index contributed by atoms with van der Waals surface area (Å²) < 4.78 is 16.6. The molecule has 0 aliphatic carbocycles. The molecule has 9 heteroatoms. The van der Waals surface area contributed by atoms with E-state index in [0.29, 0.717) is 22.5 Å². The molecule has 2 aromatic carbocycles. The maximum Gasteiger partial charge on any atom is 0.420 e. The van der Waals surface area contributed by atoms with Crippen LogP contribution in [0.25, 0.3) is 11.1 Å². The van der Waals surface area contributed by atoms with Crippen LogP contribution in [0.2, 0.25) is 0 Å². The number of rotatable bonds is 4. The number of nitrogens with zero attached hydrogens (tertiary/aromatic N) is 2. The molecule has 0 N–H and O–H groups in total. The summed E-state index contributed by atoms with van der Waals surface area (Å²) in [5.41, 5.74) is 1.58. The van der Waals surface area contributed by atoms with Crippen molar-refractivity contribution in [2.75, 3.05) is 19.1 Å². The van der Waals surface area contributed by atoms with Gasteiger partial charge >= 0.3 is 11.7 Å². The third-order valence-electron chi connectivity index (χ3n) is 5.02. The number of amides is 1. The van der Waals surface area contributed by atoms with Gasteiger partial charge in [-0.15, -0.1) is 0 Å². The van der Waals surface area contributed by atoms with Crippen LogP contribution in [0.15, 0.2) is 45.6 Å². The Hall–Kier alpha value is -3.88. The summed E-state index contributed by atoms with van der Waals surface area (Å²) in [6.45, 7) is 1.39. The van der Waals surface area contributed by atoms with Gasteiger partial charge < -0.3 is 18.8 Å². The molecule has 1 atom stereocenters. The number of oxazole rings is 1. The van der Waals surface area contributed by atoms with Gasteiger partial charge in [-0.3, -0.25) is 14.2 Å². The molecule has 0 bridgehead atoms. The van der Waals surface area contributed by atoms with Gasteiger partial charge in [0.25, 0.3) is 5.91 Å². The van der Waals surface area contributed by atoms with Crippen LogP contribution in [0.5, 0.6) is 5.75 Å². The fourth-order valence-electron chi connectivity index (χ4n) is 3.38. The normalized spacial score (nSPS) is 15.6. The van der Waals surface area contributed by atoms with E-state index in [4.69, 9.17) is 9.15 Å². The number of Topliss-reactive ketones (excluding diaryl/α,β-unsaturated/α-hetero) is 1. The number of ketones is 1. The Morgan fingerprint density at radius 3 is 2.57 bits per heavy atom. The van der Waals surface area contributed by atoms with Gasteiger partial charge in [-0.2, -0.15) is 0 Å². The summed E-state index contributed by atoms with van der Waals surface area (Å²) in [6, 6.07) is 9.17. The second-order valence-electron chi connectivity index (χ2n) is 6.89. The Kier molecular flexibility index (Phi) is 4.65. The van der Waals surface area contributed by atoms with Crippen LogP contribution in [0, 0.1) is 0 Å². The summed E-state index contributed by atoms with van der Waals surface area (Å²) in [4.78, 5) is 50.4. The maximum absolute atomic E-state index is 12.8. The summed E-state index contributed by atoms with van der Waals surface area (Å²) in [5.74, 6) is -1.34. The predicted molar refractivity (Wildman–Crippen MR) is 106 cm³/mol. The first-order chi connectivity index (χ1) is 14.3. The van der Waals surface area contributed by atoms with Crippen LogP contribution in [0.4, 0.5) is 5.69 Å². The molecule has 0 spiro atoms. The number of aromatic nitrogens is 1. The number of fused-ring (bicyclic) bond motifs is 2. The molecule has 1 aliphatic heterocycles. The minimum absolute atomic E-state index is 0.175. The molecular weight excluding hydrogens is 392 g/mol. The van der Waals surface area contributed by atoms with E-state index in [0.717, 1.165) is 0 Å². The smallest absolute Gasteiger partial charge is 0.420 e. The summed E-state index contributed by atoms with van der Waals surface area (Å²) >= 11 is 0. The minimum Gasteiger partial charge on any atom is -0.479 e. The van der Waals surface area contributed by atoms with Gasteiger partial charge in [0.1, 0.15) is 5.75 Å². The molecule has 1 aromatic heterocycles. The zero-order chi connectivity index (χ0) is 21.6. The van der Waals surface area contributed by atoms with Gasteiger partial charge in [0.2, 0.25) is 0 Å². The molecule has 9 nitrogen and oxygen atoms in total. The van der Waals surface area contributed by atoms with Gasteiger partial charge in [-0.1, -0.05) is 0 Å². The Morgan fingerprint density at radius 1 is 1.10 bits per heavy atom. The van der Waals surface area contributed by atoms with Crippen molar-refractivity contribution in [1.82, 2.24) is 4.57 Å². The molecule has 0 saturated heterocycles. The molecule has 1 unspecified atom stereocenters. The average Bonchev–Trinajstić information content (AvgIpc) is 3.05. The lowest BCUT2D eigenvalue weighted by atomic mass is 10.1. The number of carbonyl (C=O) groups excluding carboxylic acids is 3. The van der Waals surface area contributed by atoms with Crippen molar-refractivity contribution in [2.24, 2.45) is 0 Å². The van der Waals surface area contributed by atoms with Crippen molar-refractivity contribution in [3.05, 3.63) is 58.1 Å². The monoisotopic (exact) mass is 410 g/mol. The number of methoxy groups -OCH3 is 1. The fourth-order valence-corrected chi connectivity index (χ4v) is 3.38. The molecular formula is C21H18N2O7. The Morgan fingerprint density at radius 2 is 1.83 bits per heavy atom. The van der Waals surface area contributed by atoms with Gasteiger partial charge in [0.05, 0.1) is 30.4 Å². The highest BCUT2D eigenvalue weighted by Crippen LogP contribution is 2.34. The second-order valence-corrected chi connectivity index (χ2v) is 6.89. The average molecular weight is 410 g/mol. The van der Waals surface area contributed by atoms with E-state index in [1.807, 2.05) is 0 Å². The number of ether oxygens (including phenoxy) is 2. The standard InChI is InChI=1S/C21H18N2O7/c1-11-19(25)22(2)15-8-12(5-7-17(15)29-11)16(24)10-23-14-6-4-13(20(26)28-3)9-18(14)30-21(23)27/h4-9,11H,10H2,1-3H3. The third kappa shape index (κ3) is 3.14. The molecule has 154 valence electrons. The van der Waals surface area contributed by atoms with Crippen LogP contribution in [-0.4, -0.2) is 42.5 Å². The lowest BCUT2D eigenvalue weighted by molar-refractivity contribution is -0.125. The molecule has 4 rings (SSSR count). The first kappa shape index (κ1) is 19.4. The minimum atomic E-state index is -0.720. The number of carbonyl (C=O) groups is 3. The van der Waals surface area contributed by atoms with Gasteiger partial charge in [0, 0.05) is 12.6 Å². The van der Waals surface area contributed by atoms with E-state index in [2.05, 4.69) is 4.74 Å². The highest BCUT2D eigenvalue weighted by atomic mass is 16.5. The van der Waals surface area contributed by atoms with Crippen LogP contribution in [-0.2, 0) is 16.1 Å². The maximum atomic E-state index is 12.8. The van der Waals surface area contributed by atoms with Gasteiger partial charge in [0.15, 0.2) is 17.5 Å². The van der Waals surface area contributed by atoms with Crippen molar-refractivity contribution in [3.63, 3.8) is 0 Å². The van der Waals surface area contributed by atoms with Crippen LogP contribution in [0.3, 0.4) is 0 Å². The van der Waals surface area contributed by atoms with Crippen LogP contribution in [0.1, 0.15) is 27.6 Å². The number of likely N-dealkylation sites (N-methyl/N-ethyl adjacent to an activating group) is 1. The largest absolute Gasteiger partial charge is 0.479 e. The number of hydrogen-bond donors (Lipinski definition) is 0. The summed E-state index contributed by atoms with van der Waals surface area (Å²) in [6.07, 6.45) is -0.602. The molecule has 1 amide bonds. The van der Waals surface area contributed by atoms with Crippen molar-refractivity contribution in [1.29, 1.82) is 0 Å². The van der Waals surface area contributed by atoms with Crippen molar-refractivity contribution in [2.45, 2.75) is 19.6 Å². The number of esters is 1.